The van der Waals surface area contributed by atoms with Gasteiger partial charge in [-0.25, -0.2) is 0 Å². The van der Waals surface area contributed by atoms with E-state index in [2.05, 4.69) is 54.6 Å². The van der Waals surface area contributed by atoms with Gasteiger partial charge in [0.25, 0.3) is 0 Å². The fourth-order valence-corrected chi connectivity index (χ4v) is 2.94. The van der Waals surface area contributed by atoms with E-state index < -0.39 is 0 Å². The smallest absolute Gasteiger partial charge is 0.0900 e. The third-order valence-corrected chi connectivity index (χ3v) is 4.51. The lowest BCUT2D eigenvalue weighted by Gasteiger charge is -2.26. The van der Waals surface area contributed by atoms with Gasteiger partial charge in [0.15, 0.2) is 0 Å². The molecule has 0 aliphatic heterocycles. The lowest BCUT2D eigenvalue weighted by Crippen LogP contribution is -2.21. The van der Waals surface area contributed by atoms with E-state index in [4.69, 9.17) is 4.98 Å². The first-order valence-electron chi connectivity index (χ1n) is 8.04. The standard InChI is InChI=1S/C18H18N2S.C2H6/c1-18(9-5-3-6-10-18)17-13-14(21-2)12-16(20-17)15-8-4-7-11-19-15;1-2/h3-9,11-13H,10H2,1-2H3;1-2H3. The van der Waals surface area contributed by atoms with Crippen molar-refractivity contribution < 1.29 is 0 Å². The van der Waals surface area contributed by atoms with Gasteiger partial charge >= 0.3 is 0 Å². The number of allylic oxidation sites excluding steroid dienone is 4. The van der Waals surface area contributed by atoms with Crippen LogP contribution < -0.4 is 0 Å². The average Bonchev–Trinajstić information content (AvgIpc) is 2.64. The van der Waals surface area contributed by atoms with Gasteiger partial charge < -0.3 is 0 Å². The van der Waals surface area contributed by atoms with E-state index in [1.54, 1.807) is 11.8 Å². The highest BCUT2D eigenvalue weighted by Gasteiger charge is 2.26. The van der Waals surface area contributed by atoms with Crippen LogP contribution in [0.3, 0.4) is 0 Å². The average molecular weight is 324 g/mol. The van der Waals surface area contributed by atoms with Crippen LogP contribution in [0.1, 0.15) is 32.9 Å². The van der Waals surface area contributed by atoms with Crippen LogP contribution in [0.4, 0.5) is 0 Å². The molecule has 120 valence electrons. The van der Waals surface area contributed by atoms with Gasteiger partial charge in [0, 0.05) is 16.5 Å². The van der Waals surface area contributed by atoms with Crippen molar-refractivity contribution in [2.75, 3.05) is 6.26 Å². The summed E-state index contributed by atoms with van der Waals surface area (Å²) in [5, 5.41) is 0. The maximum atomic E-state index is 4.89. The second-order valence-corrected chi connectivity index (χ2v) is 6.28. The van der Waals surface area contributed by atoms with Crippen LogP contribution in [0.15, 0.2) is 65.7 Å². The summed E-state index contributed by atoms with van der Waals surface area (Å²) < 4.78 is 0. The second-order valence-electron chi connectivity index (χ2n) is 5.40. The largest absolute Gasteiger partial charge is 0.255 e. The highest BCUT2D eigenvalue weighted by atomic mass is 32.2. The van der Waals surface area contributed by atoms with Crippen molar-refractivity contribution in [3.8, 4) is 11.4 Å². The van der Waals surface area contributed by atoms with Crippen molar-refractivity contribution in [1.29, 1.82) is 0 Å². The molecule has 0 spiro atoms. The van der Waals surface area contributed by atoms with Crippen LogP contribution in [-0.4, -0.2) is 16.2 Å². The Morgan fingerprint density at radius 3 is 2.52 bits per heavy atom. The fraction of sp³-hybridized carbons (Fsp3) is 0.300. The lowest BCUT2D eigenvalue weighted by atomic mass is 9.80. The Kier molecular flexibility index (Phi) is 6.17. The van der Waals surface area contributed by atoms with Crippen LogP contribution in [0, 0.1) is 0 Å². The Balaban J connectivity index is 0.000000924. The molecule has 3 rings (SSSR count). The Labute approximate surface area is 143 Å². The highest BCUT2D eigenvalue weighted by Crippen LogP contribution is 2.34. The molecular weight excluding hydrogens is 300 g/mol. The summed E-state index contributed by atoms with van der Waals surface area (Å²) in [5.41, 5.74) is 2.94. The van der Waals surface area contributed by atoms with Crippen LogP contribution in [0.25, 0.3) is 11.4 Å². The van der Waals surface area contributed by atoms with Gasteiger partial charge in [0.1, 0.15) is 0 Å². The Hall–Kier alpha value is -1.87. The molecule has 1 aliphatic rings. The zero-order valence-corrected chi connectivity index (χ0v) is 15.1. The van der Waals surface area contributed by atoms with Crippen molar-refractivity contribution >= 4 is 11.8 Å². The zero-order chi connectivity index (χ0) is 16.7. The first-order chi connectivity index (χ1) is 11.2. The molecule has 0 bridgehead atoms. The summed E-state index contributed by atoms with van der Waals surface area (Å²) in [4.78, 5) is 10.5. The normalized spacial score (nSPS) is 19.1. The maximum absolute atomic E-state index is 4.89. The molecule has 1 aliphatic carbocycles. The van der Waals surface area contributed by atoms with E-state index >= 15 is 0 Å². The highest BCUT2D eigenvalue weighted by molar-refractivity contribution is 7.98. The Morgan fingerprint density at radius 2 is 1.91 bits per heavy atom. The summed E-state index contributed by atoms with van der Waals surface area (Å²) in [6.45, 7) is 6.24. The van der Waals surface area contributed by atoms with E-state index in [1.807, 2.05) is 38.2 Å². The van der Waals surface area contributed by atoms with Gasteiger partial charge in [0.05, 0.1) is 17.1 Å². The van der Waals surface area contributed by atoms with Gasteiger partial charge in [-0.05, 0) is 36.9 Å². The number of nitrogens with zero attached hydrogens (tertiary/aromatic N) is 2. The minimum atomic E-state index is -0.0377. The summed E-state index contributed by atoms with van der Waals surface area (Å²) in [6, 6.07) is 10.2. The molecule has 0 radical (unpaired) electrons. The molecule has 0 saturated heterocycles. The Bertz CT molecular complexity index is 692. The van der Waals surface area contributed by atoms with Crippen molar-refractivity contribution in [2.45, 2.75) is 37.5 Å². The molecule has 23 heavy (non-hydrogen) atoms. The minimum Gasteiger partial charge on any atom is -0.255 e. The van der Waals surface area contributed by atoms with E-state index in [9.17, 15) is 0 Å². The van der Waals surface area contributed by atoms with Crippen LogP contribution >= 0.6 is 11.8 Å². The van der Waals surface area contributed by atoms with Crippen molar-refractivity contribution in [2.24, 2.45) is 0 Å². The molecule has 1 unspecified atom stereocenters. The third kappa shape index (κ3) is 4.11. The fourth-order valence-electron chi connectivity index (χ4n) is 2.48. The second kappa shape index (κ2) is 8.11. The summed E-state index contributed by atoms with van der Waals surface area (Å²) in [7, 11) is 0. The molecule has 0 N–H and O–H groups in total. The number of thioether (sulfide) groups is 1. The summed E-state index contributed by atoms with van der Waals surface area (Å²) >= 11 is 1.74. The number of aromatic nitrogens is 2. The van der Waals surface area contributed by atoms with Gasteiger partial charge in [-0.1, -0.05) is 51.1 Å². The van der Waals surface area contributed by atoms with Gasteiger partial charge in [-0.15, -0.1) is 11.8 Å². The minimum absolute atomic E-state index is 0.0377. The molecule has 2 aromatic heterocycles. The first kappa shape index (κ1) is 17.5. The van der Waals surface area contributed by atoms with Crippen molar-refractivity contribution in [3.63, 3.8) is 0 Å². The predicted octanol–water partition coefficient (Wildman–Crippen LogP) is 5.67. The van der Waals surface area contributed by atoms with E-state index in [1.165, 1.54) is 4.90 Å². The van der Waals surface area contributed by atoms with Crippen LogP contribution in [-0.2, 0) is 5.41 Å². The first-order valence-corrected chi connectivity index (χ1v) is 9.26. The molecule has 0 saturated carbocycles. The molecule has 0 fully saturated rings. The summed E-state index contributed by atoms with van der Waals surface area (Å²) in [5.74, 6) is 0. The molecule has 3 heteroatoms. The molecule has 2 nitrogen and oxygen atoms in total. The van der Waals surface area contributed by atoms with E-state index in [0.29, 0.717) is 0 Å². The lowest BCUT2D eigenvalue weighted by molar-refractivity contribution is 0.578. The van der Waals surface area contributed by atoms with Crippen molar-refractivity contribution in [1.82, 2.24) is 9.97 Å². The third-order valence-electron chi connectivity index (χ3n) is 3.80. The number of rotatable bonds is 3. The van der Waals surface area contributed by atoms with Crippen molar-refractivity contribution in [3.05, 3.63) is 66.5 Å². The topological polar surface area (TPSA) is 25.8 Å². The molecule has 1 atom stereocenters. The molecule has 0 aromatic carbocycles. The molecular formula is C20H24N2S. The SMILES string of the molecule is CC.CSc1cc(-c2ccccn2)nc(C2(C)C=CC=CC2)c1. The van der Waals surface area contributed by atoms with Gasteiger partial charge in [-0.2, -0.15) is 0 Å². The van der Waals surface area contributed by atoms with Gasteiger partial charge in [-0.3, -0.25) is 9.97 Å². The number of hydrogen-bond donors (Lipinski definition) is 0. The maximum Gasteiger partial charge on any atom is 0.0900 e. The number of hydrogen-bond acceptors (Lipinski definition) is 3. The quantitative estimate of drug-likeness (QED) is 0.681. The molecule has 2 aromatic rings. The van der Waals surface area contributed by atoms with Crippen LogP contribution in [0.5, 0.6) is 0 Å². The molecule has 0 amide bonds. The zero-order valence-electron chi connectivity index (χ0n) is 14.3. The predicted molar refractivity (Wildman–Crippen MR) is 101 cm³/mol. The van der Waals surface area contributed by atoms with E-state index in [-0.39, 0.29) is 5.41 Å². The van der Waals surface area contributed by atoms with Gasteiger partial charge in [0.2, 0.25) is 0 Å². The van der Waals surface area contributed by atoms with Crippen LogP contribution in [0.2, 0.25) is 0 Å². The summed E-state index contributed by atoms with van der Waals surface area (Å²) in [6.07, 6.45) is 13.5. The Morgan fingerprint density at radius 1 is 1.09 bits per heavy atom. The van der Waals surface area contributed by atoms with E-state index in [0.717, 1.165) is 23.5 Å². The molecule has 2 heterocycles. The monoisotopic (exact) mass is 324 g/mol. The number of pyridine rings is 2.